The number of amidine groups is 1. The molecule has 5 rings (SSSR count). The van der Waals surface area contributed by atoms with Crippen LogP contribution in [0.3, 0.4) is 0 Å². The highest BCUT2D eigenvalue weighted by Gasteiger charge is 2.33. The number of para-hydroxylation sites is 3. The highest BCUT2D eigenvalue weighted by Crippen LogP contribution is 2.38. The van der Waals surface area contributed by atoms with Crippen LogP contribution in [0.2, 0.25) is 0 Å². The molecular formula is C24H23N5O4S. The van der Waals surface area contributed by atoms with Crippen molar-refractivity contribution in [1.29, 1.82) is 0 Å². The van der Waals surface area contributed by atoms with Gasteiger partial charge in [0.05, 0.1) is 55.3 Å². The van der Waals surface area contributed by atoms with Crippen LogP contribution in [0.15, 0.2) is 70.8 Å². The van der Waals surface area contributed by atoms with Gasteiger partial charge in [0.2, 0.25) is 0 Å². The fourth-order valence-corrected chi connectivity index (χ4v) is 4.74. The summed E-state index contributed by atoms with van der Waals surface area (Å²) in [4.78, 5) is 28.6. The van der Waals surface area contributed by atoms with E-state index in [-0.39, 0.29) is 30.9 Å². The smallest absolute Gasteiger partial charge is 0.275 e. The van der Waals surface area contributed by atoms with Crippen molar-refractivity contribution in [3.8, 4) is 0 Å². The second kappa shape index (κ2) is 9.90. The van der Waals surface area contributed by atoms with Gasteiger partial charge >= 0.3 is 0 Å². The second-order valence-corrected chi connectivity index (χ2v) is 8.74. The minimum absolute atomic E-state index is 0.0643. The Kier molecular flexibility index (Phi) is 6.54. The number of nitrogens with zero attached hydrogens (tertiary/aromatic N) is 4. The molecule has 0 aliphatic carbocycles. The van der Waals surface area contributed by atoms with E-state index in [1.54, 1.807) is 0 Å². The van der Waals surface area contributed by atoms with Crippen molar-refractivity contribution in [2.45, 2.75) is 12.1 Å². The summed E-state index contributed by atoms with van der Waals surface area (Å²) in [7, 11) is 0. The normalized spacial score (nSPS) is 17.9. The second-order valence-electron chi connectivity index (χ2n) is 7.90. The van der Waals surface area contributed by atoms with Crippen LogP contribution < -0.4 is 5.32 Å². The van der Waals surface area contributed by atoms with E-state index >= 15 is 0 Å². The van der Waals surface area contributed by atoms with Gasteiger partial charge in [-0.1, -0.05) is 42.1 Å². The fourth-order valence-electron chi connectivity index (χ4n) is 3.80. The van der Waals surface area contributed by atoms with Gasteiger partial charge in [0.1, 0.15) is 11.8 Å². The summed E-state index contributed by atoms with van der Waals surface area (Å²) in [6.07, 6.45) is 0.588. The lowest BCUT2D eigenvalue weighted by Crippen LogP contribution is -2.26. The number of carbonyl (C=O) groups is 1. The summed E-state index contributed by atoms with van der Waals surface area (Å²) in [6.45, 7) is 0.659. The third-order valence-corrected chi connectivity index (χ3v) is 6.45. The van der Waals surface area contributed by atoms with Crippen molar-refractivity contribution in [3.63, 3.8) is 0 Å². The van der Waals surface area contributed by atoms with Crippen molar-refractivity contribution in [1.82, 2.24) is 14.9 Å². The number of carbonyl (C=O) groups excluding carboxylic acids is 1. The van der Waals surface area contributed by atoms with E-state index in [1.807, 2.05) is 53.9 Å². The van der Waals surface area contributed by atoms with Crippen LogP contribution in [0.5, 0.6) is 0 Å². The summed E-state index contributed by atoms with van der Waals surface area (Å²) in [5, 5.41) is 24.2. The molecule has 0 saturated heterocycles. The van der Waals surface area contributed by atoms with E-state index in [4.69, 9.17) is 14.8 Å². The van der Waals surface area contributed by atoms with Gasteiger partial charge in [0.25, 0.3) is 5.91 Å². The van der Waals surface area contributed by atoms with Crippen LogP contribution in [0.1, 0.15) is 22.1 Å². The van der Waals surface area contributed by atoms with Crippen LogP contribution >= 0.6 is 11.8 Å². The van der Waals surface area contributed by atoms with Gasteiger partial charge < -0.3 is 25.2 Å². The predicted octanol–water partition coefficient (Wildman–Crippen LogP) is 2.55. The van der Waals surface area contributed by atoms with Crippen molar-refractivity contribution < 1.29 is 19.7 Å². The number of fused-ring (bicyclic) bond motifs is 2. The summed E-state index contributed by atoms with van der Waals surface area (Å²) in [5.74, 6) is -0.331. The third kappa shape index (κ3) is 4.66. The number of amides is 1. The molecule has 0 saturated carbocycles. The predicted molar refractivity (Wildman–Crippen MR) is 130 cm³/mol. The van der Waals surface area contributed by atoms with E-state index in [0.29, 0.717) is 24.4 Å². The standard InChI is InChI=1S/C24H23N5O4S/c30-11-16(31)13-33-12-15-14-34-24-28-22(10-29(15)24)17-5-1-2-6-18(17)27-23(32)21-9-25-19-7-3-4-8-20(19)26-21/h1-9,14,16,22,30-31H,10-13H2,(H,27,32). The molecule has 3 aromatic rings. The number of hydrogen-bond acceptors (Lipinski definition) is 9. The molecule has 0 fully saturated rings. The highest BCUT2D eigenvalue weighted by atomic mass is 32.2. The van der Waals surface area contributed by atoms with Gasteiger partial charge in [-0.15, -0.1) is 0 Å². The molecule has 0 radical (unpaired) electrons. The number of ether oxygens (including phenoxy) is 1. The maximum Gasteiger partial charge on any atom is 0.275 e. The zero-order chi connectivity index (χ0) is 23.5. The zero-order valence-corrected chi connectivity index (χ0v) is 19.0. The molecule has 174 valence electrons. The fraction of sp³-hybridized carbons (Fsp3) is 0.250. The van der Waals surface area contributed by atoms with Gasteiger partial charge in [-0.2, -0.15) is 0 Å². The van der Waals surface area contributed by atoms with Gasteiger partial charge in [-0.3, -0.25) is 14.8 Å². The first-order valence-corrected chi connectivity index (χ1v) is 11.7. The number of anilines is 1. The first-order chi connectivity index (χ1) is 16.6. The Morgan fingerprint density at radius 1 is 1.21 bits per heavy atom. The summed E-state index contributed by atoms with van der Waals surface area (Å²) < 4.78 is 5.52. The largest absolute Gasteiger partial charge is 0.394 e. The Balaban J connectivity index is 1.28. The lowest BCUT2D eigenvalue weighted by molar-refractivity contribution is 0.0106. The molecule has 0 bridgehead atoms. The topological polar surface area (TPSA) is 120 Å². The van der Waals surface area contributed by atoms with Crippen molar-refractivity contribution in [3.05, 3.63) is 77.1 Å². The Bertz CT molecular complexity index is 1280. The molecular weight excluding hydrogens is 454 g/mol. The summed E-state index contributed by atoms with van der Waals surface area (Å²) in [6, 6.07) is 14.9. The van der Waals surface area contributed by atoms with Crippen molar-refractivity contribution in [2.24, 2.45) is 4.99 Å². The minimum atomic E-state index is -0.892. The van der Waals surface area contributed by atoms with Crippen LogP contribution in [-0.4, -0.2) is 68.6 Å². The first kappa shape index (κ1) is 22.5. The van der Waals surface area contributed by atoms with Crippen molar-refractivity contribution >= 4 is 39.6 Å². The molecule has 2 atom stereocenters. The number of hydrogen-bond donors (Lipinski definition) is 3. The average Bonchev–Trinajstić information content (AvgIpc) is 3.45. The molecule has 34 heavy (non-hydrogen) atoms. The van der Waals surface area contributed by atoms with Gasteiger partial charge in [0.15, 0.2) is 5.17 Å². The maximum atomic E-state index is 12.9. The van der Waals surface area contributed by atoms with E-state index in [1.165, 1.54) is 18.0 Å². The molecule has 9 nitrogen and oxygen atoms in total. The monoisotopic (exact) mass is 477 g/mol. The number of nitrogens with one attached hydrogen (secondary N) is 1. The highest BCUT2D eigenvalue weighted by molar-refractivity contribution is 8.16. The van der Waals surface area contributed by atoms with Gasteiger partial charge in [-0.25, -0.2) is 4.98 Å². The van der Waals surface area contributed by atoms with E-state index < -0.39 is 6.10 Å². The molecule has 1 aromatic heterocycles. The zero-order valence-electron chi connectivity index (χ0n) is 18.2. The first-order valence-electron chi connectivity index (χ1n) is 10.8. The number of benzene rings is 2. The number of aliphatic hydroxyl groups excluding tert-OH is 2. The molecule has 2 aliphatic heterocycles. The minimum Gasteiger partial charge on any atom is -0.394 e. The average molecular weight is 478 g/mol. The molecule has 2 aromatic carbocycles. The number of thioether (sulfide) groups is 1. The van der Waals surface area contributed by atoms with Gasteiger partial charge in [-0.05, 0) is 18.2 Å². The molecule has 2 unspecified atom stereocenters. The SMILES string of the molecule is O=C(Nc1ccccc1C1CN2C(COCC(O)CO)=CSC2=N1)c1cnc2ccccc2n1. The summed E-state index contributed by atoms with van der Waals surface area (Å²) >= 11 is 1.52. The van der Waals surface area contributed by atoms with Crippen LogP contribution in [-0.2, 0) is 4.74 Å². The van der Waals surface area contributed by atoms with Gasteiger partial charge in [0, 0.05) is 16.7 Å². The Morgan fingerprint density at radius 3 is 2.85 bits per heavy atom. The molecule has 3 heterocycles. The Labute approximate surface area is 200 Å². The molecule has 10 heteroatoms. The number of rotatable bonds is 8. The maximum absolute atomic E-state index is 12.9. The molecule has 3 N–H and O–H groups in total. The lowest BCUT2D eigenvalue weighted by atomic mass is 10.0. The number of aliphatic hydroxyl groups is 2. The van der Waals surface area contributed by atoms with Crippen LogP contribution in [0.25, 0.3) is 11.0 Å². The van der Waals surface area contributed by atoms with E-state index in [9.17, 15) is 9.90 Å². The molecule has 1 amide bonds. The van der Waals surface area contributed by atoms with Crippen LogP contribution in [0.4, 0.5) is 5.69 Å². The Hall–Kier alpha value is -3.31. The quantitative estimate of drug-likeness (QED) is 0.453. The lowest BCUT2D eigenvalue weighted by Gasteiger charge is -2.20. The number of aliphatic imine (C=N–C) groups is 1. The van der Waals surface area contributed by atoms with Crippen molar-refractivity contribution in [2.75, 3.05) is 31.7 Å². The molecule has 2 aliphatic rings. The van der Waals surface area contributed by atoms with E-state index in [2.05, 4.69) is 20.2 Å². The summed E-state index contributed by atoms with van der Waals surface area (Å²) in [5.41, 5.74) is 4.17. The van der Waals surface area contributed by atoms with E-state index in [0.717, 1.165) is 21.9 Å². The number of aromatic nitrogens is 2. The van der Waals surface area contributed by atoms with Crippen LogP contribution in [0, 0.1) is 0 Å². The Morgan fingerprint density at radius 2 is 2.00 bits per heavy atom. The third-order valence-electron chi connectivity index (χ3n) is 5.52. The molecule has 0 spiro atoms.